The molecule has 3 nitrogen and oxygen atoms in total. The van der Waals surface area contributed by atoms with Crippen molar-refractivity contribution in [1.82, 2.24) is 0 Å². The lowest BCUT2D eigenvalue weighted by molar-refractivity contribution is 0.0487. The maximum Gasteiger partial charge on any atom is 0.338 e. The van der Waals surface area contributed by atoms with Gasteiger partial charge in [0.2, 0.25) is 0 Å². The number of carbonyl (C=O) groups excluding carboxylic acids is 1. The zero-order chi connectivity index (χ0) is 13.0. The molecule has 1 aromatic carbocycles. The quantitative estimate of drug-likeness (QED) is 0.644. The van der Waals surface area contributed by atoms with E-state index in [4.69, 9.17) is 10.5 Å². The Bertz CT molecular complexity index is 411. The van der Waals surface area contributed by atoms with Crippen LogP contribution in [0.15, 0.2) is 12.1 Å². The Hall–Kier alpha value is -1.51. The Balaban J connectivity index is 2.72. The molecule has 0 unspecified atom stereocenters. The van der Waals surface area contributed by atoms with E-state index in [0.717, 1.165) is 17.5 Å². The van der Waals surface area contributed by atoms with E-state index in [1.165, 1.54) is 0 Å². The summed E-state index contributed by atoms with van der Waals surface area (Å²) in [6.45, 7) is 8.48. The van der Waals surface area contributed by atoms with E-state index in [1.54, 1.807) is 6.07 Å². The van der Waals surface area contributed by atoms with Gasteiger partial charge in [-0.3, -0.25) is 0 Å². The van der Waals surface area contributed by atoms with Crippen LogP contribution in [0.5, 0.6) is 0 Å². The van der Waals surface area contributed by atoms with Gasteiger partial charge in [0.15, 0.2) is 0 Å². The highest BCUT2D eigenvalue weighted by atomic mass is 16.5. The number of hydrogen-bond acceptors (Lipinski definition) is 3. The third-order valence-electron chi connectivity index (χ3n) is 2.76. The SMILES string of the molecule is Cc1cc(C)c(C(=O)OCCC(C)C)cc1N. The number of hydrogen-bond donors (Lipinski definition) is 1. The normalized spacial score (nSPS) is 10.6. The fourth-order valence-corrected chi connectivity index (χ4v) is 1.55. The van der Waals surface area contributed by atoms with Crippen molar-refractivity contribution in [3.05, 3.63) is 28.8 Å². The summed E-state index contributed by atoms with van der Waals surface area (Å²) >= 11 is 0. The van der Waals surface area contributed by atoms with Gasteiger partial charge in [0, 0.05) is 5.69 Å². The highest BCUT2D eigenvalue weighted by Gasteiger charge is 2.12. The van der Waals surface area contributed by atoms with Crippen molar-refractivity contribution < 1.29 is 9.53 Å². The molecule has 0 heterocycles. The molecule has 3 heteroatoms. The van der Waals surface area contributed by atoms with E-state index in [2.05, 4.69) is 13.8 Å². The minimum absolute atomic E-state index is 0.283. The van der Waals surface area contributed by atoms with Crippen molar-refractivity contribution in [3.8, 4) is 0 Å². The first kappa shape index (κ1) is 13.6. The van der Waals surface area contributed by atoms with Crippen LogP contribution in [0.4, 0.5) is 5.69 Å². The van der Waals surface area contributed by atoms with E-state index in [0.29, 0.717) is 23.8 Å². The molecule has 0 aliphatic rings. The molecule has 0 radical (unpaired) electrons. The maximum absolute atomic E-state index is 11.8. The van der Waals surface area contributed by atoms with Crippen LogP contribution in [0.3, 0.4) is 0 Å². The predicted octanol–water partition coefficient (Wildman–Crippen LogP) is 3.09. The lowest BCUT2D eigenvalue weighted by Gasteiger charge is -2.10. The highest BCUT2D eigenvalue weighted by Crippen LogP contribution is 2.18. The molecule has 0 saturated heterocycles. The Morgan fingerprint density at radius 3 is 2.53 bits per heavy atom. The minimum Gasteiger partial charge on any atom is -0.462 e. The van der Waals surface area contributed by atoms with Crippen LogP contribution in [-0.4, -0.2) is 12.6 Å². The van der Waals surface area contributed by atoms with E-state index >= 15 is 0 Å². The van der Waals surface area contributed by atoms with Gasteiger partial charge in [-0.05, 0) is 43.4 Å². The van der Waals surface area contributed by atoms with Gasteiger partial charge in [-0.15, -0.1) is 0 Å². The Labute approximate surface area is 103 Å². The number of carbonyl (C=O) groups is 1. The summed E-state index contributed by atoms with van der Waals surface area (Å²) in [6.07, 6.45) is 0.881. The Kier molecular flexibility index (Phi) is 4.55. The van der Waals surface area contributed by atoms with Gasteiger partial charge < -0.3 is 10.5 Å². The third-order valence-corrected chi connectivity index (χ3v) is 2.76. The molecule has 1 aromatic rings. The predicted molar refractivity (Wildman–Crippen MR) is 70.1 cm³/mol. The van der Waals surface area contributed by atoms with E-state index in [9.17, 15) is 4.79 Å². The summed E-state index contributed by atoms with van der Waals surface area (Å²) in [4.78, 5) is 11.8. The topological polar surface area (TPSA) is 52.3 Å². The zero-order valence-electron chi connectivity index (χ0n) is 11.0. The second-order valence-corrected chi connectivity index (χ2v) is 4.84. The van der Waals surface area contributed by atoms with Crippen molar-refractivity contribution in [2.75, 3.05) is 12.3 Å². The molecular weight excluding hydrogens is 214 g/mol. The average molecular weight is 235 g/mol. The molecule has 1 rings (SSSR count). The van der Waals surface area contributed by atoms with Gasteiger partial charge >= 0.3 is 5.97 Å². The van der Waals surface area contributed by atoms with Crippen LogP contribution in [0.2, 0.25) is 0 Å². The molecular formula is C14H21NO2. The largest absolute Gasteiger partial charge is 0.462 e. The fraction of sp³-hybridized carbons (Fsp3) is 0.500. The first-order valence-corrected chi connectivity index (χ1v) is 5.95. The molecule has 0 aromatic heterocycles. The molecule has 94 valence electrons. The first-order chi connectivity index (χ1) is 7.91. The standard InChI is InChI=1S/C14H21NO2/c1-9(2)5-6-17-14(16)12-8-13(15)11(4)7-10(12)3/h7-9H,5-6,15H2,1-4H3. The van der Waals surface area contributed by atoms with Crippen LogP contribution >= 0.6 is 0 Å². The molecule has 0 spiro atoms. The summed E-state index contributed by atoms with van der Waals surface area (Å²) in [5.74, 6) is 0.252. The van der Waals surface area contributed by atoms with Crippen LogP contribution in [0.1, 0.15) is 41.8 Å². The molecule has 0 fully saturated rings. The van der Waals surface area contributed by atoms with Crippen molar-refractivity contribution in [3.63, 3.8) is 0 Å². The molecule has 0 saturated carbocycles. The number of esters is 1. The molecule has 0 amide bonds. The third kappa shape index (κ3) is 3.77. The average Bonchev–Trinajstić information content (AvgIpc) is 2.22. The molecule has 0 atom stereocenters. The van der Waals surface area contributed by atoms with Crippen LogP contribution < -0.4 is 5.73 Å². The number of rotatable bonds is 4. The Morgan fingerprint density at radius 1 is 1.29 bits per heavy atom. The van der Waals surface area contributed by atoms with Gasteiger partial charge in [-0.2, -0.15) is 0 Å². The number of anilines is 1. The first-order valence-electron chi connectivity index (χ1n) is 5.95. The maximum atomic E-state index is 11.8. The van der Waals surface area contributed by atoms with Crippen LogP contribution in [0.25, 0.3) is 0 Å². The van der Waals surface area contributed by atoms with Gasteiger partial charge in [-0.1, -0.05) is 19.9 Å². The van der Waals surface area contributed by atoms with Crippen LogP contribution in [0, 0.1) is 19.8 Å². The van der Waals surface area contributed by atoms with E-state index < -0.39 is 0 Å². The summed E-state index contributed by atoms with van der Waals surface area (Å²) in [7, 11) is 0. The zero-order valence-corrected chi connectivity index (χ0v) is 11.0. The van der Waals surface area contributed by atoms with Crippen molar-refractivity contribution >= 4 is 11.7 Å². The molecule has 0 aliphatic carbocycles. The fourth-order valence-electron chi connectivity index (χ4n) is 1.55. The highest BCUT2D eigenvalue weighted by molar-refractivity contribution is 5.92. The molecule has 0 aliphatic heterocycles. The summed E-state index contributed by atoms with van der Waals surface area (Å²) in [5, 5.41) is 0. The van der Waals surface area contributed by atoms with Crippen molar-refractivity contribution in [2.24, 2.45) is 5.92 Å². The Morgan fingerprint density at radius 2 is 1.94 bits per heavy atom. The smallest absolute Gasteiger partial charge is 0.338 e. The van der Waals surface area contributed by atoms with Crippen molar-refractivity contribution in [1.29, 1.82) is 0 Å². The number of ether oxygens (including phenoxy) is 1. The number of benzene rings is 1. The molecule has 0 bridgehead atoms. The van der Waals surface area contributed by atoms with Gasteiger partial charge in [-0.25, -0.2) is 4.79 Å². The van der Waals surface area contributed by atoms with Crippen molar-refractivity contribution in [2.45, 2.75) is 34.1 Å². The molecule has 2 N–H and O–H groups in total. The number of nitrogen functional groups attached to an aromatic ring is 1. The minimum atomic E-state index is -0.283. The lowest BCUT2D eigenvalue weighted by Crippen LogP contribution is -2.10. The summed E-state index contributed by atoms with van der Waals surface area (Å²) in [5.41, 5.74) is 8.89. The van der Waals surface area contributed by atoms with E-state index in [1.807, 2.05) is 19.9 Å². The van der Waals surface area contributed by atoms with Gasteiger partial charge in [0.05, 0.1) is 12.2 Å². The monoisotopic (exact) mass is 235 g/mol. The second kappa shape index (κ2) is 5.71. The number of nitrogens with two attached hydrogens (primary N) is 1. The van der Waals surface area contributed by atoms with Gasteiger partial charge in [0.1, 0.15) is 0 Å². The summed E-state index contributed by atoms with van der Waals surface area (Å²) in [6, 6.07) is 3.61. The number of aryl methyl sites for hydroxylation is 2. The van der Waals surface area contributed by atoms with Crippen LogP contribution in [-0.2, 0) is 4.74 Å². The molecule has 17 heavy (non-hydrogen) atoms. The lowest BCUT2D eigenvalue weighted by atomic mass is 10.0. The van der Waals surface area contributed by atoms with Gasteiger partial charge in [0.25, 0.3) is 0 Å². The second-order valence-electron chi connectivity index (χ2n) is 4.84. The van der Waals surface area contributed by atoms with E-state index in [-0.39, 0.29) is 5.97 Å². The summed E-state index contributed by atoms with van der Waals surface area (Å²) < 4.78 is 5.22.